The number of sulfonamides is 1. The molecule has 1 aromatic carbocycles. The smallest absolute Gasteiger partial charge is 0.327 e. The van der Waals surface area contributed by atoms with Crippen LogP contribution in [0.2, 0.25) is 0 Å². The Morgan fingerprint density at radius 3 is 2.34 bits per heavy atom. The summed E-state index contributed by atoms with van der Waals surface area (Å²) in [6.07, 6.45) is 2.26. The lowest BCUT2D eigenvalue weighted by molar-refractivity contribution is -0.139. The molecule has 29 heavy (non-hydrogen) atoms. The van der Waals surface area contributed by atoms with Crippen LogP contribution in [0.4, 0.5) is 0 Å². The summed E-state index contributed by atoms with van der Waals surface area (Å²) in [5, 5.41) is 4.42. The highest BCUT2D eigenvalue weighted by Crippen LogP contribution is 2.18. The lowest BCUT2D eigenvalue weighted by atomic mass is 10.2. The molecule has 4 N–H and O–H groups in total. The number of carbonyl (C=O) groups is 3. The Kier molecular flexibility index (Phi) is 6.62. The number of amides is 3. The van der Waals surface area contributed by atoms with E-state index in [0.29, 0.717) is 6.42 Å². The van der Waals surface area contributed by atoms with Crippen LogP contribution in [0.1, 0.15) is 28.1 Å². The normalized spacial score (nSPS) is 13.5. The van der Waals surface area contributed by atoms with E-state index in [9.17, 15) is 22.8 Å². The van der Waals surface area contributed by atoms with Gasteiger partial charge in [-0.2, -0.15) is 0 Å². The molecule has 0 bridgehead atoms. The Morgan fingerprint density at radius 2 is 1.72 bits per heavy atom. The van der Waals surface area contributed by atoms with Crippen LogP contribution in [0.5, 0.6) is 0 Å². The summed E-state index contributed by atoms with van der Waals surface area (Å²) in [6.45, 7) is 0.264. The van der Waals surface area contributed by atoms with E-state index in [0.717, 1.165) is 17.7 Å². The predicted octanol–water partition coefficient (Wildman–Crippen LogP) is 0.309. The van der Waals surface area contributed by atoms with Crippen molar-refractivity contribution in [2.24, 2.45) is 0 Å². The van der Waals surface area contributed by atoms with Crippen molar-refractivity contribution in [3.63, 3.8) is 0 Å². The molecule has 0 aliphatic heterocycles. The van der Waals surface area contributed by atoms with Gasteiger partial charge >= 0.3 is 11.8 Å². The van der Waals surface area contributed by atoms with Crippen molar-refractivity contribution in [2.75, 3.05) is 6.54 Å². The molecule has 1 heterocycles. The number of thiophene rings is 1. The topological polar surface area (TPSA) is 133 Å². The molecule has 2 aromatic rings. The lowest BCUT2D eigenvalue weighted by Crippen LogP contribution is -2.48. The summed E-state index contributed by atoms with van der Waals surface area (Å²) in [5.41, 5.74) is 4.27. The van der Waals surface area contributed by atoms with Crippen LogP contribution in [0.25, 0.3) is 0 Å². The van der Waals surface area contributed by atoms with Gasteiger partial charge in [0.2, 0.25) is 10.0 Å². The molecule has 1 saturated carbocycles. The second-order valence-electron chi connectivity index (χ2n) is 6.41. The number of carbonyl (C=O) groups excluding carboxylic acids is 3. The minimum atomic E-state index is -3.70. The Labute approximate surface area is 171 Å². The SMILES string of the molecule is O=C(NNC(=O)c1ccc(S(=O)(=O)NCCc2cccs2)cc1)C(=O)NC1CC1. The maximum atomic E-state index is 12.3. The Bertz CT molecular complexity index is 984. The van der Waals surface area contributed by atoms with E-state index in [1.54, 1.807) is 11.3 Å². The fourth-order valence-corrected chi connectivity index (χ4v) is 4.09. The third-order valence-corrected chi connectivity index (χ3v) is 6.49. The highest BCUT2D eigenvalue weighted by atomic mass is 32.2. The van der Waals surface area contributed by atoms with Gasteiger partial charge in [0.1, 0.15) is 0 Å². The fourth-order valence-electron chi connectivity index (χ4n) is 2.35. The van der Waals surface area contributed by atoms with Gasteiger partial charge in [-0.1, -0.05) is 6.07 Å². The molecule has 0 unspecified atom stereocenters. The minimum Gasteiger partial charge on any atom is -0.345 e. The van der Waals surface area contributed by atoms with Gasteiger partial charge in [-0.3, -0.25) is 25.2 Å². The fraction of sp³-hybridized carbons (Fsp3) is 0.278. The molecule has 3 amide bonds. The molecule has 11 heteroatoms. The van der Waals surface area contributed by atoms with Crippen LogP contribution in [0.15, 0.2) is 46.7 Å². The number of rotatable bonds is 7. The van der Waals surface area contributed by atoms with Gasteiger partial charge < -0.3 is 5.32 Å². The molecule has 1 aromatic heterocycles. The number of benzene rings is 1. The van der Waals surface area contributed by atoms with Crippen molar-refractivity contribution < 1.29 is 22.8 Å². The van der Waals surface area contributed by atoms with E-state index in [4.69, 9.17) is 0 Å². The van der Waals surface area contributed by atoms with Crippen LogP contribution in [-0.2, 0) is 26.0 Å². The van der Waals surface area contributed by atoms with Crippen LogP contribution in [0.3, 0.4) is 0 Å². The zero-order valence-corrected chi connectivity index (χ0v) is 16.9. The number of hydrogen-bond acceptors (Lipinski definition) is 6. The molecule has 1 fully saturated rings. The molecule has 154 valence electrons. The summed E-state index contributed by atoms with van der Waals surface area (Å²) in [7, 11) is -3.70. The van der Waals surface area contributed by atoms with Crippen LogP contribution >= 0.6 is 11.3 Å². The first-order valence-corrected chi connectivity index (χ1v) is 11.2. The first-order chi connectivity index (χ1) is 13.8. The zero-order chi connectivity index (χ0) is 20.9. The second kappa shape index (κ2) is 9.16. The van der Waals surface area contributed by atoms with Gasteiger partial charge in [0.25, 0.3) is 5.91 Å². The third kappa shape index (κ3) is 6.11. The van der Waals surface area contributed by atoms with Gasteiger partial charge in [-0.15, -0.1) is 11.3 Å². The van der Waals surface area contributed by atoms with Crippen LogP contribution in [0, 0.1) is 0 Å². The van der Waals surface area contributed by atoms with Gasteiger partial charge in [0.15, 0.2) is 0 Å². The molecule has 0 spiro atoms. The Hall–Kier alpha value is -2.76. The van der Waals surface area contributed by atoms with Crippen molar-refractivity contribution in [1.82, 2.24) is 20.9 Å². The van der Waals surface area contributed by atoms with Crippen molar-refractivity contribution >= 4 is 39.1 Å². The molecule has 1 aliphatic carbocycles. The number of hydrogen-bond donors (Lipinski definition) is 4. The summed E-state index contributed by atoms with van der Waals surface area (Å²) >= 11 is 1.55. The largest absolute Gasteiger partial charge is 0.345 e. The zero-order valence-electron chi connectivity index (χ0n) is 15.3. The summed E-state index contributed by atoms with van der Waals surface area (Å²) in [5.74, 6) is -2.46. The summed E-state index contributed by atoms with van der Waals surface area (Å²) in [4.78, 5) is 36.2. The van der Waals surface area contributed by atoms with Crippen molar-refractivity contribution in [3.05, 3.63) is 52.2 Å². The molecular formula is C18H20N4O5S2. The van der Waals surface area contributed by atoms with Crippen LogP contribution in [-0.4, -0.2) is 38.7 Å². The second-order valence-corrected chi connectivity index (χ2v) is 9.21. The summed E-state index contributed by atoms with van der Waals surface area (Å²) in [6, 6.07) is 9.09. The van der Waals surface area contributed by atoms with Crippen molar-refractivity contribution in [2.45, 2.75) is 30.2 Å². The molecule has 3 rings (SSSR count). The standard InChI is InChI=1S/C18H20N4O5S2/c23-16(21-22-18(25)17(24)20-13-5-6-13)12-3-7-15(8-4-12)29(26,27)19-10-9-14-2-1-11-28-14/h1-4,7-8,11,13,19H,5-6,9-10H2,(H,20,24)(H,21,23)(H,22,25). The van der Waals surface area contributed by atoms with Gasteiger partial charge in [0, 0.05) is 23.0 Å². The lowest BCUT2D eigenvalue weighted by Gasteiger charge is -2.09. The molecule has 9 nitrogen and oxygen atoms in total. The number of hydrazine groups is 1. The monoisotopic (exact) mass is 436 g/mol. The first kappa shape index (κ1) is 21.0. The highest BCUT2D eigenvalue weighted by Gasteiger charge is 2.26. The molecule has 0 atom stereocenters. The van der Waals surface area contributed by atoms with E-state index in [-0.39, 0.29) is 23.0 Å². The quantitative estimate of drug-likeness (QED) is 0.366. The molecule has 0 saturated heterocycles. The van der Waals surface area contributed by atoms with E-state index in [1.807, 2.05) is 22.9 Å². The maximum Gasteiger partial charge on any atom is 0.327 e. The summed E-state index contributed by atoms with van der Waals surface area (Å²) < 4.78 is 27.1. The van der Waals surface area contributed by atoms with E-state index >= 15 is 0 Å². The maximum absolute atomic E-state index is 12.3. The Morgan fingerprint density at radius 1 is 1.00 bits per heavy atom. The van der Waals surface area contributed by atoms with Crippen molar-refractivity contribution in [3.8, 4) is 0 Å². The van der Waals surface area contributed by atoms with Gasteiger partial charge in [-0.25, -0.2) is 13.1 Å². The Balaban J connectivity index is 1.49. The predicted molar refractivity (Wildman–Crippen MR) is 106 cm³/mol. The van der Waals surface area contributed by atoms with Crippen molar-refractivity contribution in [1.29, 1.82) is 0 Å². The van der Waals surface area contributed by atoms with Crippen LogP contribution < -0.4 is 20.9 Å². The van der Waals surface area contributed by atoms with E-state index in [1.165, 1.54) is 24.3 Å². The van der Waals surface area contributed by atoms with Gasteiger partial charge in [0.05, 0.1) is 4.90 Å². The molecule has 1 aliphatic rings. The van der Waals surface area contributed by atoms with E-state index in [2.05, 4.69) is 15.5 Å². The van der Waals surface area contributed by atoms with E-state index < -0.39 is 27.7 Å². The first-order valence-electron chi connectivity index (χ1n) is 8.88. The molecular weight excluding hydrogens is 416 g/mol. The average Bonchev–Trinajstić information content (AvgIpc) is 3.37. The molecule has 0 radical (unpaired) electrons. The average molecular weight is 437 g/mol. The van der Waals surface area contributed by atoms with Gasteiger partial charge in [-0.05, 0) is 55.0 Å². The number of nitrogens with one attached hydrogen (secondary N) is 4. The highest BCUT2D eigenvalue weighted by molar-refractivity contribution is 7.89. The minimum absolute atomic E-state index is 0.0214. The third-order valence-electron chi connectivity index (χ3n) is 4.08.